The zero-order valence-corrected chi connectivity index (χ0v) is 10.6. The van der Waals surface area contributed by atoms with Gasteiger partial charge in [0.25, 0.3) is 0 Å². The van der Waals surface area contributed by atoms with Crippen LogP contribution in [0.25, 0.3) is 0 Å². The summed E-state index contributed by atoms with van der Waals surface area (Å²) >= 11 is 0. The molecule has 1 atom stereocenters. The maximum atomic E-state index is 12.0. The Morgan fingerprint density at radius 2 is 2.00 bits per heavy atom. The molecule has 17 heavy (non-hydrogen) atoms. The molecule has 0 bridgehead atoms. The highest BCUT2D eigenvalue weighted by atomic mass is 16.5. The fraction of sp³-hybridized carbons (Fsp3) is 0.533. The standard InChI is InChI=1S/C15H20O2/c1-11-3-7-14(8-4-11)15(16)12(2)17-10-9-13-5-6-13/h3-4,7-8,12-13H,5-6,9-10H2,1-2H3. The van der Waals surface area contributed by atoms with E-state index in [4.69, 9.17) is 4.74 Å². The van der Waals surface area contributed by atoms with Gasteiger partial charge in [0.05, 0.1) is 0 Å². The Hall–Kier alpha value is -1.15. The molecule has 0 saturated heterocycles. The smallest absolute Gasteiger partial charge is 0.191 e. The lowest BCUT2D eigenvalue weighted by atomic mass is 10.1. The van der Waals surface area contributed by atoms with Gasteiger partial charge in [0.1, 0.15) is 6.10 Å². The van der Waals surface area contributed by atoms with Gasteiger partial charge in [-0.1, -0.05) is 42.7 Å². The Balaban J connectivity index is 1.82. The molecule has 2 nitrogen and oxygen atoms in total. The van der Waals surface area contributed by atoms with Crippen molar-refractivity contribution >= 4 is 5.78 Å². The summed E-state index contributed by atoms with van der Waals surface area (Å²) < 4.78 is 5.59. The molecule has 1 aromatic rings. The first-order valence-electron chi connectivity index (χ1n) is 6.39. The molecule has 2 heteroatoms. The molecule has 0 radical (unpaired) electrons. The van der Waals surface area contributed by atoms with E-state index >= 15 is 0 Å². The minimum Gasteiger partial charge on any atom is -0.370 e. The third-order valence-electron chi connectivity index (χ3n) is 3.30. The van der Waals surface area contributed by atoms with Crippen LogP contribution >= 0.6 is 0 Å². The largest absolute Gasteiger partial charge is 0.370 e. The van der Waals surface area contributed by atoms with Gasteiger partial charge in [-0.25, -0.2) is 0 Å². The van der Waals surface area contributed by atoms with Gasteiger partial charge in [-0.2, -0.15) is 0 Å². The minimum absolute atomic E-state index is 0.0841. The molecule has 2 rings (SSSR count). The summed E-state index contributed by atoms with van der Waals surface area (Å²) in [6, 6.07) is 7.67. The third-order valence-corrected chi connectivity index (χ3v) is 3.30. The highest BCUT2D eigenvalue weighted by molar-refractivity contribution is 5.99. The second kappa shape index (κ2) is 5.46. The first-order chi connectivity index (χ1) is 8.16. The van der Waals surface area contributed by atoms with Crippen LogP contribution in [-0.4, -0.2) is 18.5 Å². The number of hydrogen-bond acceptors (Lipinski definition) is 2. The number of carbonyl (C=O) groups excluding carboxylic acids is 1. The van der Waals surface area contributed by atoms with Gasteiger partial charge in [-0.15, -0.1) is 0 Å². The maximum absolute atomic E-state index is 12.0. The molecule has 1 aromatic carbocycles. The minimum atomic E-state index is -0.323. The summed E-state index contributed by atoms with van der Waals surface area (Å²) in [6.45, 7) is 4.57. The Morgan fingerprint density at radius 3 is 2.59 bits per heavy atom. The molecule has 1 aliphatic rings. The van der Waals surface area contributed by atoms with Crippen LogP contribution in [0.4, 0.5) is 0 Å². The van der Waals surface area contributed by atoms with Crippen molar-refractivity contribution in [3.8, 4) is 0 Å². The number of hydrogen-bond donors (Lipinski definition) is 0. The fourth-order valence-electron chi connectivity index (χ4n) is 1.85. The topological polar surface area (TPSA) is 26.3 Å². The first kappa shape index (κ1) is 12.3. The van der Waals surface area contributed by atoms with E-state index in [0.717, 1.165) is 17.9 Å². The van der Waals surface area contributed by atoms with E-state index in [0.29, 0.717) is 6.61 Å². The zero-order chi connectivity index (χ0) is 12.3. The lowest BCUT2D eigenvalue weighted by Crippen LogP contribution is -2.21. The van der Waals surface area contributed by atoms with Crippen molar-refractivity contribution in [2.24, 2.45) is 5.92 Å². The highest BCUT2D eigenvalue weighted by Gasteiger charge is 2.22. The van der Waals surface area contributed by atoms with Crippen LogP contribution in [0.1, 0.15) is 42.1 Å². The predicted octanol–water partition coefficient (Wildman–Crippen LogP) is 3.38. The summed E-state index contributed by atoms with van der Waals surface area (Å²) in [4.78, 5) is 12.0. The number of ether oxygens (including phenoxy) is 1. The Morgan fingerprint density at radius 1 is 1.35 bits per heavy atom. The van der Waals surface area contributed by atoms with Crippen molar-refractivity contribution < 1.29 is 9.53 Å². The average Bonchev–Trinajstić information content (AvgIpc) is 3.13. The molecule has 0 aromatic heterocycles. The van der Waals surface area contributed by atoms with Crippen molar-refractivity contribution in [3.05, 3.63) is 35.4 Å². The third kappa shape index (κ3) is 3.67. The van der Waals surface area contributed by atoms with E-state index < -0.39 is 0 Å². The summed E-state index contributed by atoms with van der Waals surface area (Å²) in [5.41, 5.74) is 1.92. The highest BCUT2D eigenvalue weighted by Crippen LogP contribution is 2.32. The summed E-state index contributed by atoms with van der Waals surface area (Å²) in [5, 5.41) is 0. The van der Waals surface area contributed by atoms with E-state index in [1.54, 1.807) is 0 Å². The second-order valence-electron chi connectivity index (χ2n) is 4.98. The Kier molecular flexibility index (Phi) is 3.95. The molecule has 0 spiro atoms. The van der Waals surface area contributed by atoms with Crippen LogP contribution in [0.15, 0.2) is 24.3 Å². The normalized spacial score (nSPS) is 16.8. The molecule has 92 valence electrons. The number of benzene rings is 1. The molecular weight excluding hydrogens is 212 g/mol. The number of rotatable bonds is 6. The van der Waals surface area contributed by atoms with Crippen molar-refractivity contribution in [1.29, 1.82) is 0 Å². The predicted molar refractivity (Wildman–Crippen MR) is 68.3 cm³/mol. The Labute approximate surface area is 103 Å². The maximum Gasteiger partial charge on any atom is 0.191 e. The van der Waals surface area contributed by atoms with Crippen LogP contribution in [0, 0.1) is 12.8 Å². The van der Waals surface area contributed by atoms with E-state index in [2.05, 4.69) is 0 Å². The lowest BCUT2D eigenvalue weighted by Gasteiger charge is -2.12. The molecule has 0 heterocycles. The molecule has 1 saturated carbocycles. The Bertz CT molecular complexity index is 376. The van der Waals surface area contributed by atoms with E-state index in [9.17, 15) is 4.79 Å². The van der Waals surface area contributed by atoms with Gasteiger partial charge >= 0.3 is 0 Å². The fourth-order valence-corrected chi connectivity index (χ4v) is 1.85. The summed E-state index contributed by atoms with van der Waals surface area (Å²) in [6.07, 6.45) is 3.45. The lowest BCUT2D eigenvalue weighted by molar-refractivity contribution is 0.0457. The van der Waals surface area contributed by atoms with Crippen LogP contribution in [-0.2, 0) is 4.74 Å². The average molecular weight is 232 g/mol. The van der Waals surface area contributed by atoms with Crippen LogP contribution < -0.4 is 0 Å². The number of carbonyl (C=O) groups is 1. The van der Waals surface area contributed by atoms with Crippen molar-refractivity contribution in [2.75, 3.05) is 6.61 Å². The molecule has 1 fully saturated rings. The van der Waals surface area contributed by atoms with E-state index in [-0.39, 0.29) is 11.9 Å². The van der Waals surface area contributed by atoms with Crippen molar-refractivity contribution in [2.45, 2.75) is 39.2 Å². The van der Waals surface area contributed by atoms with Crippen LogP contribution in [0.2, 0.25) is 0 Å². The first-order valence-corrected chi connectivity index (χ1v) is 6.39. The molecular formula is C15H20O2. The van der Waals surface area contributed by atoms with E-state index in [1.807, 2.05) is 38.1 Å². The van der Waals surface area contributed by atoms with Gasteiger partial charge in [-0.3, -0.25) is 4.79 Å². The SMILES string of the molecule is Cc1ccc(C(=O)C(C)OCCC2CC2)cc1. The van der Waals surface area contributed by atoms with Gasteiger partial charge in [0.2, 0.25) is 0 Å². The molecule has 1 aliphatic carbocycles. The van der Waals surface area contributed by atoms with Crippen LogP contribution in [0.5, 0.6) is 0 Å². The van der Waals surface area contributed by atoms with E-state index in [1.165, 1.54) is 18.4 Å². The summed E-state index contributed by atoms with van der Waals surface area (Å²) in [7, 11) is 0. The quantitative estimate of drug-likeness (QED) is 0.703. The molecule has 1 unspecified atom stereocenters. The number of aryl methyl sites for hydroxylation is 1. The van der Waals surface area contributed by atoms with Gasteiger partial charge < -0.3 is 4.74 Å². The summed E-state index contributed by atoms with van der Waals surface area (Å²) in [5.74, 6) is 0.942. The van der Waals surface area contributed by atoms with Gasteiger partial charge in [0, 0.05) is 12.2 Å². The van der Waals surface area contributed by atoms with Gasteiger partial charge in [0.15, 0.2) is 5.78 Å². The monoisotopic (exact) mass is 232 g/mol. The second-order valence-corrected chi connectivity index (χ2v) is 4.98. The van der Waals surface area contributed by atoms with Crippen LogP contribution in [0.3, 0.4) is 0 Å². The molecule has 0 aliphatic heterocycles. The zero-order valence-electron chi connectivity index (χ0n) is 10.6. The molecule has 0 amide bonds. The van der Waals surface area contributed by atoms with Gasteiger partial charge in [-0.05, 0) is 26.2 Å². The molecule has 0 N–H and O–H groups in total. The van der Waals surface area contributed by atoms with Crippen molar-refractivity contribution in [1.82, 2.24) is 0 Å². The number of Topliss-reactive ketones (excluding diaryl/α,β-unsaturated/α-hetero) is 1. The number of ketones is 1. The van der Waals surface area contributed by atoms with Crippen molar-refractivity contribution in [3.63, 3.8) is 0 Å².